The number of carbonyl (C=O) groups excluding carboxylic acids is 2. The summed E-state index contributed by atoms with van der Waals surface area (Å²) in [6, 6.07) is 9.80. The summed E-state index contributed by atoms with van der Waals surface area (Å²) in [6.07, 6.45) is 0.377. The molecule has 1 unspecified atom stereocenters. The van der Waals surface area contributed by atoms with Crippen molar-refractivity contribution in [3.05, 3.63) is 47.0 Å². The zero-order valence-electron chi connectivity index (χ0n) is 16.0. The summed E-state index contributed by atoms with van der Waals surface area (Å²) in [5.41, 5.74) is 1.87. The Labute approximate surface area is 179 Å². The first-order chi connectivity index (χ1) is 13.7. The van der Waals surface area contributed by atoms with E-state index in [9.17, 15) is 18.0 Å². The second-order valence-electron chi connectivity index (χ2n) is 6.94. The van der Waals surface area contributed by atoms with Crippen molar-refractivity contribution in [2.24, 2.45) is 5.92 Å². The molecule has 0 saturated heterocycles. The van der Waals surface area contributed by atoms with Crippen LogP contribution in [0.15, 0.2) is 46.2 Å². The van der Waals surface area contributed by atoms with Gasteiger partial charge in [0.15, 0.2) is 9.84 Å². The molecule has 0 fully saturated rings. The Balaban J connectivity index is 1.75. The van der Waals surface area contributed by atoms with Crippen LogP contribution < -0.4 is 10.6 Å². The van der Waals surface area contributed by atoms with E-state index in [0.717, 1.165) is 10.5 Å². The molecule has 29 heavy (non-hydrogen) atoms. The largest absolute Gasteiger partial charge is 0.326 e. The Hall–Kier alpha value is -2.03. The van der Waals surface area contributed by atoms with Gasteiger partial charge in [-0.15, -0.1) is 11.8 Å². The van der Waals surface area contributed by atoms with Gasteiger partial charge in [-0.1, -0.05) is 24.6 Å². The minimum atomic E-state index is -3.73. The molecule has 1 aliphatic rings. The molecule has 6 nitrogen and oxygen atoms in total. The predicted octanol–water partition coefficient (Wildman–Crippen LogP) is 4.13. The Morgan fingerprint density at radius 2 is 2.03 bits per heavy atom. The van der Waals surface area contributed by atoms with E-state index in [0.29, 0.717) is 28.6 Å². The van der Waals surface area contributed by atoms with E-state index >= 15 is 0 Å². The van der Waals surface area contributed by atoms with Crippen LogP contribution in [0.25, 0.3) is 0 Å². The van der Waals surface area contributed by atoms with E-state index in [1.54, 1.807) is 31.2 Å². The average Bonchev–Trinajstić information content (AvgIpc) is 2.84. The van der Waals surface area contributed by atoms with E-state index in [1.165, 1.54) is 23.9 Å². The lowest BCUT2D eigenvalue weighted by Gasteiger charge is -2.15. The van der Waals surface area contributed by atoms with Gasteiger partial charge in [-0.2, -0.15) is 0 Å². The van der Waals surface area contributed by atoms with Crippen LogP contribution in [0.3, 0.4) is 0 Å². The van der Waals surface area contributed by atoms with Crippen LogP contribution in [0.5, 0.6) is 0 Å². The zero-order chi connectivity index (χ0) is 21.2. The minimum absolute atomic E-state index is 0.0811. The van der Waals surface area contributed by atoms with Gasteiger partial charge >= 0.3 is 0 Å². The first kappa shape index (κ1) is 21.7. The predicted molar refractivity (Wildman–Crippen MR) is 116 cm³/mol. The van der Waals surface area contributed by atoms with Crippen molar-refractivity contribution in [1.82, 2.24) is 0 Å². The third kappa shape index (κ3) is 5.32. The van der Waals surface area contributed by atoms with Gasteiger partial charge in [-0.25, -0.2) is 8.42 Å². The third-order valence-corrected chi connectivity index (χ3v) is 7.77. The zero-order valence-corrected chi connectivity index (χ0v) is 18.4. The number of anilines is 2. The second-order valence-corrected chi connectivity index (χ2v) is 10.5. The van der Waals surface area contributed by atoms with Crippen LogP contribution in [-0.4, -0.2) is 31.7 Å². The van der Waals surface area contributed by atoms with E-state index < -0.39 is 21.7 Å². The number of rotatable bonds is 5. The number of hydrogen-bond donors (Lipinski definition) is 2. The molecule has 9 heteroatoms. The normalized spacial score (nSPS) is 15.1. The number of aryl methyl sites for hydroxylation is 1. The molecule has 1 atom stereocenters. The molecule has 2 amide bonds. The van der Waals surface area contributed by atoms with Crippen LogP contribution >= 0.6 is 23.4 Å². The summed E-state index contributed by atoms with van der Waals surface area (Å²) in [4.78, 5) is 25.2. The maximum absolute atomic E-state index is 12.9. The lowest BCUT2D eigenvalue weighted by Crippen LogP contribution is -2.27. The van der Waals surface area contributed by atoms with E-state index in [1.807, 2.05) is 6.92 Å². The Morgan fingerprint density at radius 3 is 2.79 bits per heavy atom. The number of halogens is 1. The van der Waals surface area contributed by atoms with Crippen molar-refractivity contribution in [3.63, 3.8) is 0 Å². The SMILES string of the molecule is Cc1ccc(Cl)cc1NC(=O)C(C)CS(=O)(=O)c1ccc2c(c1)NC(=O)CCS2. The first-order valence-corrected chi connectivity index (χ1v) is 12.0. The Morgan fingerprint density at radius 1 is 1.28 bits per heavy atom. The number of nitrogens with one attached hydrogen (secondary N) is 2. The number of hydrogen-bond acceptors (Lipinski definition) is 5. The molecule has 0 aliphatic carbocycles. The molecular weight excluding hydrogens is 432 g/mol. The fourth-order valence-corrected chi connectivity index (χ4v) is 5.56. The number of sulfone groups is 1. The van der Waals surface area contributed by atoms with Gasteiger partial charge in [0, 0.05) is 33.7 Å². The lowest BCUT2D eigenvalue weighted by atomic mass is 10.1. The smallest absolute Gasteiger partial charge is 0.228 e. The molecule has 0 bridgehead atoms. The summed E-state index contributed by atoms with van der Waals surface area (Å²) in [5.74, 6) is -1.03. The van der Waals surface area contributed by atoms with Crippen molar-refractivity contribution in [3.8, 4) is 0 Å². The van der Waals surface area contributed by atoms with Crippen molar-refractivity contribution in [1.29, 1.82) is 0 Å². The highest BCUT2D eigenvalue weighted by Gasteiger charge is 2.25. The van der Waals surface area contributed by atoms with Crippen LogP contribution in [0.4, 0.5) is 11.4 Å². The molecule has 2 N–H and O–H groups in total. The van der Waals surface area contributed by atoms with Gasteiger partial charge in [-0.3, -0.25) is 9.59 Å². The first-order valence-electron chi connectivity index (χ1n) is 9.02. The fourth-order valence-electron chi connectivity index (χ4n) is 2.88. The second kappa shape index (κ2) is 8.77. The van der Waals surface area contributed by atoms with E-state index in [4.69, 9.17) is 11.6 Å². The number of amides is 2. The van der Waals surface area contributed by atoms with Crippen LogP contribution in [0.1, 0.15) is 18.9 Å². The Bertz CT molecular complexity index is 1070. The third-order valence-electron chi connectivity index (χ3n) is 4.55. The summed E-state index contributed by atoms with van der Waals surface area (Å²) in [5, 5.41) is 5.96. The number of benzene rings is 2. The molecule has 3 rings (SSSR count). The van der Waals surface area contributed by atoms with E-state index in [-0.39, 0.29) is 16.6 Å². The van der Waals surface area contributed by atoms with Crippen molar-refractivity contribution >= 4 is 56.4 Å². The highest BCUT2D eigenvalue weighted by molar-refractivity contribution is 7.99. The number of carbonyl (C=O) groups is 2. The molecule has 2 aromatic rings. The maximum atomic E-state index is 12.9. The molecule has 0 saturated carbocycles. The molecule has 0 aromatic heterocycles. The summed E-state index contributed by atoms with van der Waals surface area (Å²) < 4.78 is 25.7. The van der Waals surface area contributed by atoms with E-state index in [2.05, 4.69) is 10.6 Å². The van der Waals surface area contributed by atoms with Crippen LogP contribution in [-0.2, 0) is 19.4 Å². The van der Waals surface area contributed by atoms with Crippen LogP contribution in [0.2, 0.25) is 5.02 Å². The molecule has 0 spiro atoms. The maximum Gasteiger partial charge on any atom is 0.228 e. The monoisotopic (exact) mass is 452 g/mol. The van der Waals surface area contributed by atoms with Crippen LogP contribution in [0, 0.1) is 12.8 Å². The average molecular weight is 453 g/mol. The Kier molecular flexibility index (Phi) is 6.55. The quantitative estimate of drug-likeness (QED) is 0.711. The molecule has 1 aliphatic heterocycles. The van der Waals surface area contributed by atoms with Gasteiger partial charge in [0.05, 0.1) is 16.3 Å². The van der Waals surface area contributed by atoms with Gasteiger partial charge in [0.25, 0.3) is 0 Å². The topological polar surface area (TPSA) is 92.3 Å². The molecule has 0 radical (unpaired) electrons. The van der Waals surface area contributed by atoms with Gasteiger partial charge in [0.1, 0.15) is 0 Å². The van der Waals surface area contributed by atoms with Gasteiger partial charge in [0.2, 0.25) is 11.8 Å². The summed E-state index contributed by atoms with van der Waals surface area (Å²) in [7, 11) is -3.73. The molecule has 154 valence electrons. The summed E-state index contributed by atoms with van der Waals surface area (Å²) in [6.45, 7) is 3.39. The van der Waals surface area contributed by atoms with Gasteiger partial charge < -0.3 is 10.6 Å². The standard InChI is InChI=1S/C20H21ClN2O4S2/c1-12-3-4-14(21)9-16(12)23-20(25)13(2)11-29(26,27)15-5-6-18-17(10-15)22-19(24)7-8-28-18/h3-6,9-10,13H,7-8,11H2,1-2H3,(H,22,24)(H,23,25). The highest BCUT2D eigenvalue weighted by Crippen LogP contribution is 2.33. The lowest BCUT2D eigenvalue weighted by molar-refractivity contribution is -0.119. The number of fused-ring (bicyclic) bond motifs is 1. The number of thioether (sulfide) groups is 1. The van der Waals surface area contributed by atoms with Crippen molar-refractivity contribution in [2.75, 3.05) is 22.1 Å². The fraction of sp³-hybridized carbons (Fsp3) is 0.300. The van der Waals surface area contributed by atoms with Crippen molar-refractivity contribution in [2.45, 2.75) is 30.1 Å². The highest BCUT2D eigenvalue weighted by atomic mass is 35.5. The van der Waals surface area contributed by atoms with Crippen molar-refractivity contribution < 1.29 is 18.0 Å². The molecular formula is C20H21ClN2O4S2. The van der Waals surface area contributed by atoms with Gasteiger partial charge in [-0.05, 0) is 42.8 Å². The summed E-state index contributed by atoms with van der Waals surface area (Å²) >= 11 is 7.47. The minimum Gasteiger partial charge on any atom is -0.326 e. The molecule has 1 heterocycles. The molecule has 2 aromatic carbocycles.